The van der Waals surface area contributed by atoms with E-state index in [9.17, 15) is 4.39 Å². The molecule has 20 heavy (non-hydrogen) atoms. The molecule has 1 fully saturated rings. The van der Waals surface area contributed by atoms with E-state index in [0.717, 1.165) is 35.8 Å². The summed E-state index contributed by atoms with van der Waals surface area (Å²) >= 11 is 3.33. The molecule has 2 rings (SSSR count). The van der Waals surface area contributed by atoms with Crippen molar-refractivity contribution in [2.75, 3.05) is 19.8 Å². The summed E-state index contributed by atoms with van der Waals surface area (Å²) in [5.41, 5.74) is 0.975. The van der Waals surface area contributed by atoms with Crippen molar-refractivity contribution >= 4 is 15.9 Å². The van der Waals surface area contributed by atoms with E-state index in [-0.39, 0.29) is 18.1 Å². The molecule has 1 aliphatic rings. The second kappa shape index (κ2) is 8.08. The van der Waals surface area contributed by atoms with Crippen molar-refractivity contribution in [1.82, 2.24) is 5.32 Å². The maximum absolute atomic E-state index is 13.4. The molecule has 0 aromatic heterocycles. The van der Waals surface area contributed by atoms with E-state index in [1.165, 1.54) is 6.07 Å². The van der Waals surface area contributed by atoms with Crippen LogP contribution in [0.15, 0.2) is 22.7 Å². The molecule has 1 saturated heterocycles. The zero-order valence-electron chi connectivity index (χ0n) is 11.7. The maximum atomic E-state index is 13.4. The summed E-state index contributed by atoms with van der Waals surface area (Å²) in [6, 6.07) is 5.25. The Labute approximate surface area is 128 Å². The van der Waals surface area contributed by atoms with Crippen LogP contribution in [0.2, 0.25) is 0 Å². The quantitative estimate of drug-likeness (QED) is 0.822. The van der Waals surface area contributed by atoms with Crippen LogP contribution >= 0.6 is 15.9 Å². The summed E-state index contributed by atoms with van der Waals surface area (Å²) < 4.78 is 25.2. The molecule has 5 heteroatoms. The standard InChI is InChI=1S/C15H21BrFNO2/c1-2-3-18-14(10-15-19-4-5-20-15)8-11-6-12(16)9-13(17)7-11/h6-7,9,14-15,18H,2-5,8,10H2,1H3. The van der Waals surface area contributed by atoms with Gasteiger partial charge in [0.05, 0.1) is 13.2 Å². The monoisotopic (exact) mass is 345 g/mol. The Morgan fingerprint density at radius 2 is 2.10 bits per heavy atom. The van der Waals surface area contributed by atoms with Gasteiger partial charge in [0, 0.05) is 16.9 Å². The minimum absolute atomic E-state index is 0.138. The third-order valence-corrected chi connectivity index (χ3v) is 3.71. The van der Waals surface area contributed by atoms with E-state index in [1.54, 1.807) is 6.07 Å². The van der Waals surface area contributed by atoms with E-state index in [4.69, 9.17) is 9.47 Å². The Bertz CT molecular complexity index is 404. The lowest BCUT2D eigenvalue weighted by Gasteiger charge is -2.21. The average Bonchev–Trinajstić information content (AvgIpc) is 2.87. The number of halogens is 2. The van der Waals surface area contributed by atoms with E-state index in [2.05, 4.69) is 28.2 Å². The smallest absolute Gasteiger partial charge is 0.159 e. The highest BCUT2D eigenvalue weighted by molar-refractivity contribution is 9.10. The third-order valence-electron chi connectivity index (χ3n) is 3.26. The molecule has 0 bridgehead atoms. The molecule has 0 amide bonds. The average molecular weight is 346 g/mol. The lowest BCUT2D eigenvalue weighted by molar-refractivity contribution is -0.0526. The van der Waals surface area contributed by atoms with Crippen LogP contribution in [0.1, 0.15) is 25.3 Å². The van der Waals surface area contributed by atoms with Crippen molar-refractivity contribution in [2.45, 2.75) is 38.5 Å². The van der Waals surface area contributed by atoms with Crippen LogP contribution in [0.4, 0.5) is 4.39 Å². The van der Waals surface area contributed by atoms with Crippen molar-refractivity contribution in [1.29, 1.82) is 0 Å². The van der Waals surface area contributed by atoms with Gasteiger partial charge in [0.1, 0.15) is 5.82 Å². The van der Waals surface area contributed by atoms with Gasteiger partial charge in [-0.3, -0.25) is 0 Å². The summed E-state index contributed by atoms with van der Waals surface area (Å²) in [4.78, 5) is 0. The molecule has 0 saturated carbocycles. The minimum atomic E-state index is -0.211. The predicted octanol–water partition coefficient (Wildman–Crippen LogP) is 3.26. The first-order chi connectivity index (χ1) is 9.67. The van der Waals surface area contributed by atoms with Crippen molar-refractivity contribution < 1.29 is 13.9 Å². The van der Waals surface area contributed by atoms with Gasteiger partial charge in [-0.25, -0.2) is 4.39 Å². The molecule has 112 valence electrons. The van der Waals surface area contributed by atoms with Crippen LogP contribution in [0, 0.1) is 5.82 Å². The molecule has 3 nitrogen and oxygen atoms in total. The molecule has 1 heterocycles. The van der Waals surface area contributed by atoms with Crippen molar-refractivity contribution in [3.8, 4) is 0 Å². The largest absolute Gasteiger partial charge is 0.350 e. The fraction of sp³-hybridized carbons (Fsp3) is 0.600. The number of hydrogen-bond acceptors (Lipinski definition) is 3. The van der Waals surface area contributed by atoms with Gasteiger partial charge < -0.3 is 14.8 Å². The van der Waals surface area contributed by atoms with E-state index >= 15 is 0 Å². The maximum Gasteiger partial charge on any atom is 0.159 e. The van der Waals surface area contributed by atoms with Crippen LogP contribution in [0.5, 0.6) is 0 Å². The van der Waals surface area contributed by atoms with Gasteiger partial charge in [0.2, 0.25) is 0 Å². The molecular formula is C15H21BrFNO2. The van der Waals surface area contributed by atoms with Crippen LogP contribution < -0.4 is 5.32 Å². The van der Waals surface area contributed by atoms with Crippen molar-refractivity contribution in [3.63, 3.8) is 0 Å². The highest BCUT2D eigenvalue weighted by Gasteiger charge is 2.21. The Morgan fingerprint density at radius 1 is 1.35 bits per heavy atom. The zero-order valence-corrected chi connectivity index (χ0v) is 13.3. The first kappa shape index (κ1) is 15.9. The van der Waals surface area contributed by atoms with Gasteiger partial charge in [-0.05, 0) is 43.1 Å². The van der Waals surface area contributed by atoms with Gasteiger partial charge >= 0.3 is 0 Å². The van der Waals surface area contributed by atoms with Gasteiger partial charge in [-0.15, -0.1) is 0 Å². The number of nitrogens with one attached hydrogen (secondary N) is 1. The SMILES string of the molecule is CCCNC(Cc1cc(F)cc(Br)c1)CC1OCCO1. The topological polar surface area (TPSA) is 30.5 Å². The normalized spacial score (nSPS) is 17.6. The van der Waals surface area contributed by atoms with Crippen LogP contribution in [0.3, 0.4) is 0 Å². The van der Waals surface area contributed by atoms with Gasteiger partial charge in [-0.1, -0.05) is 22.9 Å². The summed E-state index contributed by atoms with van der Waals surface area (Å²) in [6.45, 7) is 4.40. The van der Waals surface area contributed by atoms with Crippen molar-refractivity contribution in [3.05, 3.63) is 34.1 Å². The second-order valence-electron chi connectivity index (χ2n) is 5.04. The number of hydrogen-bond donors (Lipinski definition) is 1. The molecule has 1 unspecified atom stereocenters. The molecule has 1 N–H and O–H groups in total. The van der Waals surface area contributed by atoms with E-state index < -0.39 is 0 Å². The summed E-state index contributed by atoms with van der Waals surface area (Å²) in [5, 5.41) is 3.49. The number of benzene rings is 1. The molecule has 0 spiro atoms. The van der Waals surface area contributed by atoms with E-state index in [0.29, 0.717) is 13.2 Å². The lowest BCUT2D eigenvalue weighted by Crippen LogP contribution is -2.35. The lowest BCUT2D eigenvalue weighted by atomic mass is 10.0. The molecule has 1 atom stereocenters. The van der Waals surface area contributed by atoms with Crippen molar-refractivity contribution in [2.24, 2.45) is 0 Å². The summed E-state index contributed by atoms with van der Waals surface area (Å²) in [5.74, 6) is -0.211. The minimum Gasteiger partial charge on any atom is -0.350 e. The second-order valence-corrected chi connectivity index (χ2v) is 5.96. The predicted molar refractivity (Wildman–Crippen MR) is 80.2 cm³/mol. The Kier molecular flexibility index (Phi) is 6.42. The number of ether oxygens (including phenoxy) is 2. The summed E-state index contributed by atoms with van der Waals surface area (Å²) in [7, 11) is 0. The van der Waals surface area contributed by atoms with Gasteiger partial charge in [0.25, 0.3) is 0 Å². The Hall–Kier alpha value is -0.490. The molecular weight excluding hydrogens is 325 g/mol. The van der Waals surface area contributed by atoms with E-state index in [1.807, 2.05) is 6.07 Å². The third kappa shape index (κ3) is 5.13. The fourth-order valence-corrected chi connectivity index (χ4v) is 2.89. The molecule has 1 aromatic rings. The number of rotatable bonds is 7. The molecule has 0 aliphatic carbocycles. The molecule has 1 aliphatic heterocycles. The Balaban J connectivity index is 1.97. The first-order valence-electron chi connectivity index (χ1n) is 7.09. The van der Waals surface area contributed by atoms with Crippen LogP contribution in [-0.4, -0.2) is 32.1 Å². The highest BCUT2D eigenvalue weighted by atomic mass is 79.9. The molecule has 1 aromatic carbocycles. The summed E-state index contributed by atoms with van der Waals surface area (Å²) in [6.07, 6.45) is 2.48. The van der Waals surface area contributed by atoms with Gasteiger partial charge in [0.15, 0.2) is 6.29 Å². The Morgan fingerprint density at radius 3 is 2.75 bits per heavy atom. The first-order valence-corrected chi connectivity index (χ1v) is 7.88. The highest BCUT2D eigenvalue weighted by Crippen LogP contribution is 2.19. The van der Waals surface area contributed by atoms with Crippen LogP contribution in [0.25, 0.3) is 0 Å². The van der Waals surface area contributed by atoms with Crippen LogP contribution in [-0.2, 0) is 15.9 Å². The molecule has 0 radical (unpaired) electrons. The zero-order chi connectivity index (χ0) is 14.4. The van der Waals surface area contributed by atoms with Gasteiger partial charge in [-0.2, -0.15) is 0 Å². The fourth-order valence-electron chi connectivity index (χ4n) is 2.38.